The smallest absolute Gasteiger partial charge is 0.148 e. The van der Waals surface area contributed by atoms with Crippen LogP contribution in [0.15, 0.2) is 18.2 Å². The number of halogens is 1. The van der Waals surface area contributed by atoms with Crippen molar-refractivity contribution in [2.75, 3.05) is 23.3 Å². The van der Waals surface area contributed by atoms with Crippen molar-refractivity contribution < 1.29 is 9.13 Å². The third-order valence-corrected chi connectivity index (χ3v) is 4.90. The first kappa shape index (κ1) is 16.5. The molecule has 0 amide bonds. The molecule has 2 aliphatic rings. The number of benzene rings is 1. The Morgan fingerprint density at radius 1 is 1.17 bits per heavy atom. The van der Waals surface area contributed by atoms with Gasteiger partial charge in [-0.25, -0.2) is 4.39 Å². The van der Waals surface area contributed by atoms with Gasteiger partial charge in [0, 0.05) is 30.9 Å². The Morgan fingerprint density at radius 3 is 2.52 bits per heavy atom. The summed E-state index contributed by atoms with van der Waals surface area (Å²) in [5.41, 5.74) is 7.63. The average molecular weight is 321 g/mol. The van der Waals surface area contributed by atoms with Gasteiger partial charge in [-0.2, -0.15) is 0 Å². The minimum absolute atomic E-state index is 0.115. The highest BCUT2D eigenvalue weighted by molar-refractivity contribution is 5.57. The first-order valence-corrected chi connectivity index (χ1v) is 8.75. The van der Waals surface area contributed by atoms with Gasteiger partial charge in [0.15, 0.2) is 0 Å². The summed E-state index contributed by atoms with van der Waals surface area (Å²) in [5.74, 6) is -0.202. The fourth-order valence-corrected chi connectivity index (χ4v) is 3.74. The van der Waals surface area contributed by atoms with Crippen LogP contribution in [0.3, 0.4) is 0 Å². The summed E-state index contributed by atoms with van der Waals surface area (Å²) in [5, 5.41) is 3.30. The van der Waals surface area contributed by atoms with Gasteiger partial charge in [-0.15, -0.1) is 0 Å². The lowest BCUT2D eigenvalue weighted by Crippen LogP contribution is -2.45. The molecule has 0 aromatic heterocycles. The molecule has 1 aromatic carbocycles. The predicted molar refractivity (Wildman–Crippen MR) is 92.5 cm³/mol. The maximum Gasteiger partial charge on any atom is 0.148 e. The van der Waals surface area contributed by atoms with Gasteiger partial charge in [0.2, 0.25) is 0 Å². The van der Waals surface area contributed by atoms with Crippen LogP contribution in [0, 0.1) is 5.82 Å². The minimum Gasteiger partial charge on any atom is -0.378 e. The zero-order valence-electron chi connectivity index (χ0n) is 14.1. The lowest BCUT2D eigenvalue weighted by molar-refractivity contribution is -0.00523. The second-order valence-electron chi connectivity index (χ2n) is 7.03. The molecule has 3 N–H and O–H groups in total. The van der Waals surface area contributed by atoms with E-state index in [0.717, 1.165) is 38.0 Å². The van der Waals surface area contributed by atoms with Gasteiger partial charge in [0.25, 0.3) is 0 Å². The van der Waals surface area contributed by atoms with Crippen LogP contribution in [0.1, 0.15) is 39.5 Å². The number of nitrogens with one attached hydrogen (secondary N) is 1. The first-order valence-electron chi connectivity index (χ1n) is 8.75. The van der Waals surface area contributed by atoms with Gasteiger partial charge >= 0.3 is 0 Å². The van der Waals surface area contributed by atoms with E-state index in [1.54, 1.807) is 6.07 Å². The monoisotopic (exact) mass is 321 g/mol. The number of hydrogen-bond donors (Lipinski definition) is 2. The fraction of sp³-hybridized carbons (Fsp3) is 0.667. The van der Waals surface area contributed by atoms with Crippen molar-refractivity contribution in [3.63, 3.8) is 0 Å². The van der Waals surface area contributed by atoms with Crippen LogP contribution < -0.4 is 16.0 Å². The summed E-state index contributed by atoms with van der Waals surface area (Å²) in [7, 11) is 0. The molecule has 0 spiro atoms. The molecule has 0 radical (unpaired) electrons. The van der Waals surface area contributed by atoms with Crippen molar-refractivity contribution in [1.82, 2.24) is 0 Å². The molecule has 5 heteroatoms. The summed E-state index contributed by atoms with van der Waals surface area (Å²) in [6.07, 6.45) is 4.70. The van der Waals surface area contributed by atoms with E-state index in [1.165, 1.54) is 6.42 Å². The van der Waals surface area contributed by atoms with E-state index in [1.807, 2.05) is 12.1 Å². The number of anilines is 2. The molecule has 2 fully saturated rings. The first-order chi connectivity index (χ1) is 11.0. The predicted octanol–water partition coefficient (Wildman–Crippen LogP) is 3.12. The number of morpholine rings is 1. The van der Waals surface area contributed by atoms with E-state index < -0.39 is 0 Å². The SMILES string of the molecule is CC1CN(c2ccc(NC3CCCCC3N)c(F)c2)CC(C)O1. The molecule has 1 aliphatic carbocycles. The molecule has 128 valence electrons. The Hall–Kier alpha value is -1.33. The normalized spacial score (nSPS) is 31.9. The summed E-state index contributed by atoms with van der Waals surface area (Å²) in [4.78, 5) is 2.19. The van der Waals surface area contributed by atoms with E-state index >= 15 is 0 Å². The maximum absolute atomic E-state index is 14.5. The Morgan fingerprint density at radius 2 is 1.87 bits per heavy atom. The highest BCUT2D eigenvalue weighted by Crippen LogP contribution is 2.27. The summed E-state index contributed by atoms with van der Waals surface area (Å²) < 4.78 is 20.3. The third-order valence-electron chi connectivity index (χ3n) is 4.90. The van der Waals surface area contributed by atoms with Crippen molar-refractivity contribution in [2.24, 2.45) is 5.73 Å². The van der Waals surface area contributed by atoms with Crippen LogP contribution in [0.25, 0.3) is 0 Å². The zero-order valence-corrected chi connectivity index (χ0v) is 14.1. The van der Waals surface area contributed by atoms with E-state index in [4.69, 9.17) is 10.5 Å². The number of rotatable bonds is 3. The molecular formula is C18H28FN3O. The summed E-state index contributed by atoms with van der Waals surface area (Å²) in [6.45, 7) is 5.70. The number of nitrogens with two attached hydrogens (primary N) is 1. The highest BCUT2D eigenvalue weighted by atomic mass is 19.1. The van der Waals surface area contributed by atoms with Gasteiger partial charge in [0.05, 0.1) is 17.9 Å². The molecule has 1 saturated carbocycles. The third kappa shape index (κ3) is 3.96. The van der Waals surface area contributed by atoms with Gasteiger partial charge in [-0.05, 0) is 44.9 Å². The topological polar surface area (TPSA) is 50.5 Å². The highest BCUT2D eigenvalue weighted by Gasteiger charge is 2.24. The van der Waals surface area contributed by atoms with Crippen molar-refractivity contribution in [2.45, 2.75) is 63.8 Å². The number of nitrogens with zero attached hydrogens (tertiary/aromatic N) is 1. The molecule has 4 nitrogen and oxygen atoms in total. The second-order valence-corrected chi connectivity index (χ2v) is 7.03. The molecule has 1 saturated heterocycles. The van der Waals surface area contributed by atoms with Crippen LogP contribution in [-0.2, 0) is 4.74 Å². The van der Waals surface area contributed by atoms with Gasteiger partial charge in [-0.1, -0.05) is 12.8 Å². The van der Waals surface area contributed by atoms with Crippen LogP contribution >= 0.6 is 0 Å². The standard InChI is InChI=1S/C18H28FN3O/c1-12-10-22(11-13(2)23-12)14-7-8-17(15(19)9-14)21-18-6-4-3-5-16(18)20/h7-9,12-13,16,18,21H,3-6,10-11,20H2,1-2H3. The van der Waals surface area contributed by atoms with Crippen LogP contribution in [0.5, 0.6) is 0 Å². The minimum atomic E-state index is -0.202. The molecule has 1 heterocycles. The van der Waals surface area contributed by atoms with E-state index in [9.17, 15) is 4.39 Å². The quantitative estimate of drug-likeness (QED) is 0.898. The average Bonchev–Trinajstić information content (AvgIpc) is 2.50. The zero-order chi connectivity index (χ0) is 16.4. The molecule has 1 aliphatic heterocycles. The van der Waals surface area contributed by atoms with E-state index in [-0.39, 0.29) is 30.1 Å². The van der Waals surface area contributed by atoms with Gasteiger partial charge < -0.3 is 20.7 Å². The molecule has 0 bridgehead atoms. The van der Waals surface area contributed by atoms with Crippen LogP contribution in [0.4, 0.5) is 15.8 Å². The lowest BCUT2D eigenvalue weighted by Gasteiger charge is -2.37. The van der Waals surface area contributed by atoms with Crippen LogP contribution in [0.2, 0.25) is 0 Å². The Kier molecular flexibility index (Phi) is 5.07. The molecule has 4 unspecified atom stereocenters. The largest absolute Gasteiger partial charge is 0.378 e. The van der Waals surface area contributed by atoms with E-state index in [2.05, 4.69) is 24.1 Å². The molecule has 3 rings (SSSR count). The lowest BCUT2D eigenvalue weighted by atomic mass is 9.91. The molecule has 1 aromatic rings. The van der Waals surface area contributed by atoms with E-state index in [0.29, 0.717) is 5.69 Å². The van der Waals surface area contributed by atoms with Gasteiger partial charge in [-0.3, -0.25) is 0 Å². The van der Waals surface area contributed by atoms with Crippen molar-refractivity contribution in [1.29, 1.82) is 0 Å². The molecule has 4 atom stereocenters. The van der Waals surface area contributed by atoms with Crippen molar-refractivity contribution in [3.8, 4) is 0 Å². The van der Waals surface area contributed by atoms with Crippen molar-refractivity contribution >= 4 is 11.4 Å². The van der Waals surface area contributed by atoms with Crippen molar-refractivity contribution in [3.05, 3.63) is 24.0 Å². The Balaban J connectivity index is 1.70. The Bertz CT molecular complexity index is 529. The molecule has 23 heavy (non-hydrogen) atoms. The number of ether oxygens (including phenoxy) is 1. The van der Waals surface area contributed by atoms with Gasteiger partial charge in [0.1, 0.15) is 5.82 Å². The van der Waals surface area contributed by atoms with Crippen LogP contribution in [-0.4, -0.2) is 37.4 Å². The molecular weight excluding hydrogens is 293 g/mol. The summed E-state index contributed by atoms with van der Waals surface area (Å²) in [6, 6.07) is 5.75. The number of hydrogen-bond acceptors (Lipinski definition) is 4. The Labute approximate surface area is 138 Å². The fourth-order valence-electron chi connectivity index (χ4n) is 3.74. The summed E-state index contributed by atoms with van der Waals surface area (Å²) >= 11 is 0. The second kappa shape index (κ2) is 7.05. The maximum atomic E-state index is 14.5.